The van der Waals surface area contributed by atoms with E-state index in [-0.39, 0.29) is 74.1 Å². The summed E-state index contributed by atoms with van der Waals surface area (Å²) < 4.78 is 8.25. The van der Waals surface area contributed by atoms with Gasteiger partial charge >= 0.3 is 5.97 Å². The molecule has 4 aromatic rings. The van der Waals surface area contributed by atoms with Crippen molar-refractivity contribution in [2.45, 2.75) is 146 Å². The van der Waals surface area contributed by atoms with E-state index in [4.69, 9.17) is 19.9 Å². The van der Waals surface area contributed by atoms with Crippen LogP contribution in [0.1, 0.15) is 152 Å². The Morgan fingerprint density at radius 3 is 1.94 bits per heavy atom. The number of carbonyl (C=O) groups is 4. The summed E-state index contributed by atoms with van der Waals surface area (Å²) in [5.41, 5.74) is 1.76. The first kappa shape index (κ1) is 49.3. The number of nitrogens with zero attached hydrogens (tertiary/aromatic N) is 4. The van der Waals surface area contributed by atoms with Gasteiger partial charge in [-0.05, 0) is 78.2 Å². The standard InChI is InChI=1S/C56H71N7O6/c1-30-27-35(53(2,3)4)46(36(28-30)54(5,6)7)69-51(67)41-38(32-21-15-14-16-22-32)43(58-49(41)60-52(68)56(11,12)13)42-44(65)39(45(42)66)40-47(55(8,9)10)61-63-50(40)59-48(62-63)33-23-25-34(26-24-33)57-37(64)29-31-19-17-18-20-31/h14-16,21-26,30-31,35-36,46,65H,17-20,27-29H2,1-13H3,(H,57,64)(H,59,62)(H,58,60,68)/b43-42+. The number of Topliss-reactive ketones (excluding diaryl/α,β-unsaturated/α-hetero) is 1. The summed E-state index contributed by atoms with van der Waals surface area (Å²) in [5, 5.41) is 27.9. The van der Waals surface area contributed by atoms with Gasteiger partial charge in [0.15, 0.2) is 11.5 Å². The van der Waals surface area contributed by atoms with Gasteiger partial charge in [-0.3, -0.25) is 14.4 Å². The van der Waals surface area contributed by atoms with Crippen molar-refractivity contribution in [1.29, 1.82) is 0 Å². The fraction of sp³-hybridized carbons (Fsp3) is 0.518. The number of aliphatic hydroxyl groups is 1. The second-order valence-corrected chi connectivity index (χ2v) is 24.2. The number of ketones is 1. The van der Waals surface area contributed by atoms with Crippen molar-refractivity contribution in [2.24, 2.45) is 44.9 Å². The maximum atomic E-state index is 15.3. The van der Waals surface area contributed by atoms with Gasteiger partial charge in [0.2, 0.25) is 17.6 Å². The van der Waals surface area contributed by atoms with Gasteiger partial charge in [-0.2, -0.15) is 5.10 Å². The summed E-state index contributed by atoms with van der Waals surface area (Å²) in [7, 11) is 0. The topological polar surface area (TPSA) is 180 Å². The number of amides is 2. The number of aromatic nitrogens is 4. The summed E-state index contributed by atoms with van der Waals surface area (Å²) in [5.74, 6) is -0.502. The second kappa shape index (κ2) is 18.0. The van der Waals surface area contributed by atoms with E-state index >= 15 is 9.59 Å². The Balaban J connectivity index is 1.24. The molecule has 0 radical (unpaired) electrons. The summed E-state index contributed by atoms with van der Waals surface area (Å²) in [6.45, 7) is 26.6. The first-order valence-corrected chi connectivity index (χ1v) is 24.8. The molecule has 1 aliphatic heterocycles. The summed E-state index contributed by atoms with van der Waals surface area (Å²) in [4.78, 5) is 65.2. The maximum Gasteiger partial charge on any atom is 0.342 e. The number of aliphatic imine (C=N–C) groups is 1. The highest BCUT2D eigenvalue weighted by Gasteiger charge is 2.50. The van der Waals surface area contributed by atoms with Crippen LogP contribution in [0.5, 0.6) is 0 Å². The quantitative estimate of drug-likeness (QED) is 0.0995. The highest BCUT2D eigenvalue weighted by molar-refractivity contribution is 6.42. The number of fused-ring (bicyclic) bond motifs is 1. The molecule has 2 fully saturated rings. The Kier molecular flexibility index (Phi) is 12.9. The van der Waals surface area contributed by atoms with Crippen molar-refractivity contribution >= 4 is 51.9 Å². The molecule has 2 saturated carbocycles. The predicted molar refractivity (Wildman–Crippen MR) is 271 cm³/mol. The highest BCUT2D eigenvalue weighted by atomic mass is 16.5. The number of esters is 1. The summed E-state index contributed by atoms with van der Waals surface area (Å²) in [6.07, 6.45) is 6.38. The third-order valence-electron chi connectivity index (χ3n) is 14.5. The Morgan fingerprint density at radius 2 is 1.39 bits per heavy atom. The van der Waals surface area contributed by atoms with E-state index in [1.165, 1.54) is 17.5 Å². The van der Waals surface area contributed by atoms with E-state index in [0.717, 1.165) is 31.2 Å². The second-order valence-electron chi connectivity index (χ2n) is 24.2. The van der Waals surface area contributed by atoms with Crippen LogP contribution in [0.15, 0.2) is 82.2 Å². The molecule has 0 saturated heterocycles. The van der Waals surface area contributed by atoms with E-state index in [1.54, 1.807) is 20.8 Å². The summed E-state index contributed by atoms with van der Waals surface area (Å²) in [6, 6.07) is 16.5. The number of ether oxygens (including phenoxy) is 1. The lowest BCUT2D eigenvalue weighted by Gasteiger charge is -2.50. The average Bonchev–Trinajstić information content (AvgIpc) is 4.06. The molecule has 2 aromatic carbocycles. The molecule has 2 unspecified atom stereocenters. The minimum atomic E-state index is -0.872. The molecule has 2 aromatic heterocycles. The third-order valence-corrected chi connectivity index (χ3v) is 14.5. The van der Waals surface area contributed by atoms with E-state index in [9.17, 15) is 14.7 Å². The lowest BCUT2D eigenvalue weighted by molar-refractivity contribution is -0.164. The lowest BCUT2D eigenvalue weighted by Crippen LogP contribution is -2.50. The summed E-state index contributed by atoms with van der Waals surface area (Å²) >= 11 is 0. The molecule has 8 rings (SSSR count). The van der Waals surface area contributed by atoms with Gasteiger partial charge in [0.25, 0.3) is 0 Å². The Hall–Kier alpha value is -6.11. The third kappa shape index (κ3) is 9.75. The van der Waals surface area contributed by atoms with E-state index in [2.05, 4.69) is 64.1 Å². The minimum Gasteiger partial charge on any atom is -0.506 e. The monoisotopic (exact) mass is 938 g/mol. The van der Waals surface area contributed by atoms with Crippen molar-refractivity contribution in [3.63, 3.8) is 0 Å². The minimum absolute atomic E-state index is 0.00684. The van der Waals surface area contributed by atoms with E-state index in [1.807, 2.05) is 75.4 Å². The molecule has 366 valence electrons. The van der Waals surface area contributed by atoms with Crippen LogP contribution in [0.4, 0.5) is 5.69 Å². The first-order valence-electron chi connectivity index (χ1n) is 24.8. The molecule has 3 heterocycles. The molecule has 4 aliphatic rings. The SMILES string of the molecule is CC1CC(C(C)(C)C)C(OC(=O)C2=C(c3ccccc3)/C(=C3\C(=O)C(c4c(C(C)(C)C)nn5nc(-c6ccc(NC(=O)CC7CCCC7)cc6)[nH]c45)=C3O)N=C2NC(=O)C(C)(C)C)C(C(C)(C)C)C1. The van der Waals surface area contributed by atoms with Crippen molar-refractivity contribution in [2.75, 3.05) is 5.32 Å². The number of rotatable bonds is 8. The molecule has 69 heavy (non-hydrogen) atoms. The van der Waals surface area contributed by atoms with E-state index in [0.29, 0.717) is 52.2 Å². The van der Waals surface area contributed by atoms with Crippen LogP contribution in [-0.4, -0.2) is 60.4 Å². The number of benzene rings is 2. The van der Waals surface area contributed by atoms with Crippen molar-refractivity contribution < 1.29 is 29.0 Å². The molecule has 2 atom stereocenters. The van der Waals surface area contributed by atoms with Crippen LogP contribution in [0.2, 0.25) is 0 Å². The van der Waals surface area contributed by atoms with Gasteiger partial charge in [-0.1, -0.05) is 133 Å². The van der Waals surface area contributed by atoms with Gasteiger partial charge in [0, 0.05) is 45.9 Å². The predicted octanol–water partition coefficient (Wildman–Crippen LogP) is 11.3. The van der Waals surface area contributed by atoms with Crippen LogP contribution < -0.4 is 10.6 Å². The highest BCUT2D eigenvalue weighted by Crippen LogP contribution is 2.51. The smallest absolute Gasteiger partial charge is 0.342 e. The maximum absolute atomic E-state index is 15.3. The zero-order valence-corrected chi connectivity index (χ0v) is 42.8. The fourth-order valence-corrected chi connectivity index (χ4v) is 10.6. The van der Waals surface area contributed by atoms with Crippen LogP contribution >= 0.6 is 0 Å². The number of anilines is 1. The fourth-order valence-electron chi connectivity index (χ4n) is 10.6. The molecule has 13 nitrogen and oxygen atoms in total. The van der Waals surface area contributed by atoms with Gasteiger partial charge < -0.3 is 25.5 Å². The Bertz CT molecular complexity index is 2800. The largest absolute Gasteiger partial charge is 0.506 e. The number of hydrogen-bond donors (Lipinski definition) is 4. The molecule has 13 heteroatoms. The zero-order valence-electron chi connectivity index (χ0n) is 42.8. The molecular formula is C56H71N7O6. The van der Waals surface area contributed by atoms with Gasteiger partial charge in [-0.15, -0.1) is 9.73 Å². The van der Waals surface area contributed by atoms with E-state index < -0.39 is 28.7 Å². The van der Waals surface area contributed by atoms with Crippen molar-refractivity contribution in [3.8, 4) is 11.4 Å². The number of aromatic amines is 1. The Morgan fingerprint density at radius 1 is 0.783 bits per heavy atom. The molecule has 0 spiro atoms. The van der Waals surface area contributed by atoms with Crippen molar-refractivity contribution in [3.05, 3.63) is 94.0 Å². The van der Waals surface area contributed by atoms with Gasteiger partial charge in [-0.25, -0.2) is 9.79 Å². The molecule has 2 amide bonds. The zero-order chi connectivity index (χ0) is 50.1. The van der Waals surface area contributed by atoms with Crippen LogP contribution in [0, 0.1) is 39.9 Å². The number of carbonyl (C=O) groups excluding carboxylic acids is 4. The number of amidine groups is 1. The number of hydrogen-bond acceptors (Lipinski definition) is 9. The molecular weight excluding hydrogens is 867 g/mol. The van der Waals surface area contributed by atoms with Crippen LogP contribution in [0.25, 0.3) is 28.2 Å². The first-order chi connectivity index (χ1) is 32.2. The average molecular weight is 938 g/mol. The number of allylic oxidation sites excluding steroid dienone is 3. The number of H-pyrrole nitrogens is 1. The molecule has 3 aliphatic carbocycles. The van der Waals surface area contributed by atoms with Gasteiger partial charge in [0.05, 0.1) is 28.1 Å². The van der Waals surface area contributed by atoms with Crippen LogP contribution in [-0.2, 0) is 29.3 Å². The molecule has 0 bridgehead atoms. The lowest BCUT2D eigenvalue weighted by atomic mass is 9.59. The van der Waals surface area contributed by atoms with Gasteiger partial charge in [0.1, 0.15) is 23.3 Å². The van der Waals surface area contributed by atoms with Crippen LogP contribution in [0.3, 0.4) is 0 Å². The van der Waals surface area contributed by atoms with Crippen molar-refractivity contribution in [1.82, 2.24) is 25.1 Å². The number of aliphatic hydroxyl groups excluding tert-OH is 1. The normalized spacial score (nSPS) is 22.9. The Labute approximate surface area is 406 Å². The molecule has 4 N–H and O–H groups in total. The number of nitrogens with one attached hydrogen (secondary N) is 3.